The van der Waals surface area contributed by atoms with Crippen LogP contribution >= 0.6 is 0 Å². The molecular formula is C16H25NO3. The molecule has 0 aliphatic carbocycles. The molecule has 20 heavy (non-hydrogen) atoms. The van der Waals surface area contributed by atoms with Gasteiger partial charge in [0.05, 0.1) is 13.2 Å². The molecule has 4 heteroatoms. The third kappa shape index (κ3) is 3.44. The van der Waals surface area contributed by atoms with Crippen molar-refractivity contribution in [2.45, 2.75) is 39.8 Å². The van der Waals surface area contributed by atoms with Gasteiger partial charge in [-0.25, -0.2) is 0 Å². The van der Waals surface area contributed by atoms with Crippen LogP contribution < -0.4 is 9.47 Å². The van der Waals surface area contributed by atoms with E-state index in [1.807, 2.05) is 6.92 Å². The highest BCUT2D eigenvalue weighted by molar-refractivity contribution is 5.48. The summed E-state index contributed by atoms with van der Waals surface area (Å²) in [5.41, 5.74) is 2.37. The number of nitrogens with zero attached hydrogens (tertiary/aromatic N) is 1. The van der Waals surface area contributed by atoms with Gasteiger partial charge >= 0.3 is 0 Å². The Labute approximate surface area is 121 Å². The predicted octanol–water partition coefficient (Wildman–Crippen LogP) is 2.22. The van der Waals surface area contributed by atoms with Gasteiger partial charge in [0.25, 0.3) is 0 Å². The molecule has 1 aliphatic rings. The van der Waals surface area contributed by atoms with E-state index in [0.29, 0.717) is 13.2 Å². The van der Waals surface area contributed by atoms with Crippen LogP contribution in [0.3, 0.4) is 0 Å². The fourth-order valence-electron chi connectivity index (χ4n) is 2.63. The standard InChI is InChI=1S/C16H25NO3/c1-4-17(6-7-18)11-14-10-16-13(8-12(3)20-16)9-15(14)19-5-2/h9-10,12,18H,4-8,11H2,1-3H3. The molecule has 0 fully saturated rings. The molecule has 1 heterocycles. The minimum Gasteiger partial charge on any atom is -0.494 e. The highest BCUT2D eigenvalue weighted by atomic mass is 16.5. The van der Waals surface area contributed by atoms with Crippen molar-refractivity contribution in [2.24, 2.45) is 0 Å². The number of rotatable bonds is 7. The quantitative estimate of drug-likeness (QED) is 0.831. The summed E-state index contributed by atoms with van der Waals surface area (Å²) < 4.78 is 11.6. The molecule has 0 amide bonds. The van der Waals surface area contributed by atoms with E-state index >= 15 is 0 Å². The molecule has 1 aromatic rings. The lowest BCUT2D eigenvalue weighted by Gasteiger charge is -2.21. The molecule has 112 valence electrons. The van der Waals surface area contributed by atoms with Crippen LogP contribution in [0.1, 0.15) is 31.9 Å². The number of aliphatic hydroxyl groups is 1. The van der Waals surface area contributed by atoms with Crippen molar-refractivity contribution >= 4 is 0 Å². The first-order valence-electron chi connectivity index (χ1n) is 7.46. The van der Waals surface area contributed by atoms with Gasteiger partial charge in [-0.2, -0.15) is 0 Å². The van der Waals surface area contributed by atoms with E-state index in [1.54, 1.807) is 0 Å². The predicted molar refractivity (Wildman–Crippen MR) is 79.4 cm³/mol. The zero-order valence-corrected chi connectivity index (χ0v) is 12.7. The number of ether oxygens (including phenoxy) is 2. The van der Waals surface area contributed by atoms with Crippen molar-refractivity contribution in [1.29, 1.82) is 0 Å². The third-order valence-electron chi connectivity index (χ3n) is 3.64. The van der Waals surface area contributed by atoms with Gasteiger partial charge < -0.3 is 14.6 Å². The van der Waals surface area contributed by atoms with Crippen molar-refractivity contribution in [3.05, 3.63) is 23.3 Å². The zero-order chi connectivity index (χ0) is 14.5. The Bertz CT molecular complexity index is 448. The molecule has 1 aliphatic heterocycles. The molecule has 0 saturated heterocycles. The van der Waals surface area contributed by atoms with Crippen LogP contribution in [-0.2, 0) is 13.0 Å². The molecule has 0 spiro atoms. The SMILES string of the molecule is CCOc1cc2c(cc1CN(CC)CCO)OC(C)C2. The van der Waals surface area contributed by atoms with Gasteiger partial charge in [0.15, 0.2) is 0 Å². The van der Waals surface area contributed by atoms with E-state index in [1.165, 1.54) is 5.56 Å². The van der Waals surface area contributed by atoms with E-state index in [4.69, 9.17) is 14.6 Å². The molecule has 1 N–H and O–H groups in total. The zero-order valence-electron chi connectivity index (χ0n) is 12.7. The normalized spacial score (nSPS) is 17.1. The third-order valence-corrected chi connectivity index (χ3v) is 3.64. The lowest BCUT2D eigenvalue weighted by Crippen LogP contribution is -2.26. The molecular weight excluding hydrogens is 254 g/mol. The van der Waals surface area contributed by atoms with Crippen LogP contribution in [0.5, 0.6) is 11.5 Å². The molecule has 2 rings (SSSR count). The van der Waals surface area contributed by atoms with Crippen LogP contribution in [0.4, 0.5) is 0 Å². The number of benzene rings is 1. The fraction of sp³-hybridized carbons (Fsp3) is 0.625. The lowest BCUT2D eigenvalue weighted by molar-refractivity contribution is 0.194. The highest BCUT2D eigenvalue weighted by Crippen LogP contribution is 2.35. The second-order valence-corrected chi connectivity index (χ2v) is 5.23. The van der Waals surface area contributed by atoms with Crippen LogP contribution in [0.15, 0.2) is 12.1 Å². The van der Waals surface area contributed by atoms with Gasteiger partial charge in [0.2, 0.25) is 0 Å². The molecule has 0 radical (unpaired) electrons. The summed E-state index contributed by atoms with van der Waals surface area (Å²) in [4.78, 5) is 2.20. The van der Waals surface area contributed by atoms with Crippen molar-refractivity contribution in [3.63, 3.8) is 0 Å². The van der Waals surface area contributed by atoms with Crippen molar-refractivity contribution in [2.75, 3.05) is 26.3 Å². The molecule has 1 aromatic carbocycles. The second-order valence-electron chi connectivity index (χ2n) is 5.23. The Morgan fingerprint density at radius 2 is 2.20 bits per heavy atom. The first kappa shape index (κ1) is 15.1. The highest BCUT2D eigenvalue weighted by Gasteiger charge is 2.22. The van der Waals surface area contributed by atoms with Crippen molar-refractivity contribution < 1.29 is 14.6 Å². The molecule has 4 nitrogen and oxygen atoms in total. The number of aliphatic hydroxyl groups excluding tert-OH is 1. The Morgan fingerprint density at radius 3 is 2.85 bits per heavy atom. The molecule has 1 atom stereocenters. The Balaban J connectivity index is 2.23. The number of likely N-dealkylation sites (N-methyl/N-ethyl adjacent to an activating group) is 1. The minimum atomic E-state index is 0.177. The summed E-state index contributed by atoms with van der Waals surface area (Å²) in [5, 5.41) is 9.11. The van der Waals surface area contributed by atoms with Crippen molar-refractivity contribution in [1.82, 2.24) is 4.90 Å². The maximum Gasteiger partial charge on any atom is 0.124 e. The van der Waals surface area contributed by atoms with Crippen LogP contribution in [0, 0.1) is 0 Å². The van der Waals surface area contributed by atoms with E-state index < -0.39 is 0 Å². The summed E-state index contributed by atoms with van der Waals surface area (Å²) in [5.74, 6) is 1.93. The van der Waals surface area contributed by atoms with Gasteiger partial charge in [-0.15, -0.1) is 0 Å². The van der Waals surface area contributed by atoms with Gasteiger partial charge in [0, 0.05) is 30.6 Å². The van der Waals surface area contributed by atoms with Crippen LogP contribution in [0.2, 0.25) is 0 Å². The Hall–Kier alpha value is -1.26. The number of hydrogen-bond acceptors (Lipinski definition) is 4. The number of hydrogen-bond donors (Lipinski definition) is 1. The maximum absolute atomic E-state index is 9.11. The van der Waals surface area contributed by atoms with Crippen molar-refractivity contribution in [3.8, 4) is 11.5 Å². The summed E-state index contributed by atoms with van der Waals surface area (Å²) in [6.07, 6.45) is 1.19. The summed E-state index contributed by atoms with van der Waals surface area (Å²) in [6.45, 7) is 9.38. The second kappa shape index (κ2) is 6.95. The van der Waals surface area contributed by atoms with Crippen LogP contribution in [-0.4, -0.2) is 42.4 Å². The smallest absolute Gasteiger partial charge is 0.124 e. The van der Waals surface area contributed by atoms with Gasteiger partial charge in [-0.1, -0.05) is 6.92 Å². The van der Waals surface area contributed by atoms with E-state index in [9.17, 15) is 0 Å². The monoisotopic (exact) mass is 279 g/mol. The van der Waals surface area contributed by atoms with E-state index in [-0.39, 0.29) is 12.7 Å². The summed E-state index contributed by atoms with van der Waals surface area (Å²) in [7, 11) is 0. The lowest BCUT2D eigenvalue weighted by atomic mass is 10.1. The molecule has 0 saturated carbocycles. The van der Waals surface area contributed by atoms with Gasteiger partial charge in [0.1, 0.15) is 17.6 Å². The summed E-state index contributed by atoms with van der Waals surface area (Å²) >= 11 is 0. The van der Waals surface area contributed by atoms with E-state index in [2.05, 4.69) is 30.9 Å². The number of fused-ring (bicyclic) bond motifs is 1. The Kier molecular flexibility index (Phi) is 5.26. The average Bonchev–Trinajstić information content (AvgIpc) is 2.77. The molecule has 0 bridgehead atoms. The van der Waals surface area contributed by atoms with Crippen LogP contribution in [0.25, 0.3) is 0 Å². The maximum atomic E-state index is 9.11. The topological polar surface area (TPSA) is 41.9 Å². The molecule has 1 unspecified atom stereocenters. The minimum absolute atomic E-state index is 0.177. The average molecular weight is 279 g/mol. The first-order chi connectivity index (χ1) is 9.67. The van der Waals surface area contributed by atoms with Gasteiger partial charge in [-0.3, -0.25) is 4.90 Å². The largest absolute Gasteiger partial charge is 0.494 e. The van der Waals surface area contributed by atoms with Gasteiger partial charge in [-0.05, 0) is 32.5 Å². The van der Waals surface area contributed by atoms with E-state index in [0.717, 1.165) is 36.6 Å². The first-order valence-corrected chi connectivity index (χ1v) is 7.46. The Morgan fingerprint density at radius 1 is 1.40 bits per heavy atom. The summed E-state index contributed by atoms with van der Waals surface area (Å²) in [6, 6.07) is 4.22. The fourth-order valence-corrected chi connectivity index (χ4v) is 2.63. The molecule has 0 aromatic heterocycles.